The average Bonchev–Trinajstić information content (AvgIpc) is 2.40. The van der Waals surface area contributed by atoms with E-state index in [1.54, 1.807) is 18.2 Å². The van der Waals surface area contributed by atoms with Crippen LogP contribution in [0.1, 0.15) is 29.6 Å². The molecule has 0 aliphatic carbocycles. The molecule has 2 rings (SSSR count). The summed E-state index contributed by atoms with van der Waals surface area (Å²) in [6, 6.07) is 4.18. The zero-order chi connectivity index (χ0) is 14.0. The minimum atomic E-state index is -0.953. The SMILES string of the molecule is O=C(O)[C@@H]1CCCCN1C(=O)c1cc(Cl)ccc1Br. The summed E-state index contributed by atoms with van der Waals surface area (Å²) in [7, 11) is 0. The molecule has 6 heteroatoms. The topological polar surface area (TPSA) is 57.6 Å². The van der Waals surface area contributed by atoms with Crippen molar-refractivity contribution in [2.24, 2.45) is 0 Å². The predicted molar refractivity (Wildman–Crippen MR) is 75.5 cm³/mol. The van der Waals surface area contributed by atoms with E-state index in [0.29, 0.717) is 28.0 Å². The number of aliphatic carboxylic acids is 1. The fourth-order valence-electron chi connectivity index (χ4n) is 2.25. The maximum atomic E-state index is 12.5. The van der Waals surface area contributed by atoms with Crippen LogP contribution >= 0.6 is 27.5 Å². The molecule has 1 N–H and O–H groups in total. The van der Waals surface area contributed by atoms with Crippen molar-refractivity contribution in [1.82, 2.24) is 4.90 Å². The average molecular weight is 347 g/mol. The minimum Gasteiger partial charge on any atom is -0.480 e. The highest BCUT2D eigenvalue weighted by atomic mass is 79.9. The minimum absolute atomic E-state index is 0.290. The van der Waals surface area contributed by atoms with Crippen molar-refractivity contribution in [1.29, 1.82) is 0 Å². The van der Waals surface area contributed by atoms with Gasteiger partial charge in [-0.1, -0.05) is 11.6 Å². The predicted octanol–water partition coefficient (Wildman–Crippen LogP) is 3.18. The van der Waals surface area contributed by atoms with Gasteiger partial charge in [-0.2, -0.15) is 0 Å². The van der Waals surface area contributed by atoms with Crippen molar-refractivity contribution in [2.75, 3.05) is 6.54 Å². The van der Waals surface area contributed by atoms with E-state index in [4.69, 9.17) is 11.6 Å². The monoisotopic (exact) mass is 345 g/mol. The molecule has 19 heavy (non-hydrogen) atoms. The molecule has 1 atom stereocenters. The van der Waals surface area contributed by atoms with Gasteiger partial charge in [0, 0.05) is 16.0 Å². The van der Waals surface area contributed by atoms with E-state index in [-0.39, 0.29) is 5.91 Å². The van der Waals surface area contributed by atoms with Crippen LogP contribution in [0.3, 0.4) is 0 Å². The van der Waals surface area contributed by atoms with E-state index < -0.39 is 12.0 Å². The summed E-state index contributed by atoms with van der Waals surface area (Å²) in [6.45, 7) is 0.467. The van der Waals surface area contributed by atoms with Crippen LogP contribution in [0.4, 0.5) is 0 Å². The third kappa shape index (κ3) is 3.09. The number of carbonyl (C=O) groups excluding carboxylic acids is 1. The first-order chi connectivity index (χ1) is 9.00. The van der Waals surface area contributed by atoms with Crippen molar-refractivity contribution in [3.05, 3.63) is 33.3 Å². The highest BCUT2D eigenvalue weighted by Gasteiger charge is 2.33. The Labute approximate surface area is 124 Å². The molecule has 1 amide bonds. The Morgan fingerprint density at radius 1 is 1.37 bits per heavy atom. The summed E-state index contributed by atoms with van der Waals surface area (Å²) < 4.78 is 0.622. The van der Waals surface area contributed by atoms with Gasteiger partial charge in [0.1, 0.15) is 6.04 Å². The fraction of sp³-hybridized carbons (Fsp3) is 0.385. The number of nitrogens with zero attached hydrogens (tertiary/aromatic N) is 1. The molecule has 0 bridgehead atoms. The molecule has 0 aromatic heterocycles. The number of rotatable bonds is 2. The van der Waals surface area contributed by atoms with Gasteiger partial charge in [0.05, 0.1) is 5.56 Å². The molecular weight excluding hydrogens is 334 g/mol. The van der Waals surface area contributed by atoms with Crippen LogP contribution in [0, 0.1) is 0 Å². The van der Waals surface area contributed by atoms with Gasteiger partial charge < -0.3 is 10.0 Å². The summed E-state index contributed by atoms with van der Waals surface area (Å²) >= 11 is 9.19. The maximum absolute atomic E-state index is 12.5. The quantitative estimate of drug-likeness (QED) is 0.895. The van der Waals surface area contributed by atoms with E-state index in [9.17, 15) is 14.7 Å². The molecule has 1 fully saturated rings. The molecule has 1 aliphatic rings. The van der Waals surface area contributed by atoms with Gasteiger partial charge in [0.15, 0.2) is 0 Å². The molecule has 1 aliphatic heterocycles. The molecular formula is C13H13BrClNO3. The summed E-state index contributed by atoms with van der Waals surface area (Å²) in [5.41, 5.74) is 0.403. The highest BCUT2D eigenvalue weighted by molar-refractivity contribution is 9.10. The van der Waals surface area contributed by atoms with E-state index in [1.165, 1.54) is 4.90 Å². The van der Waals surface area contributed by atoms with Crippen LogP contribution in [-0.4, -0.2) is 34.5 Å². The number of amides is 1. The van der Waals surface area contributed by atoms with Crippen LogP contribution in [0.5, 0.6) is 0 Å². The van der Waals surface area contributed by atoms with E-state index in [2.05, 4.69) is 15.9 Å². The molecule has 0 spiro atoms. The first-order valence-electron chi connectivity index (χ1n) is 5.99. The number of hydrogen-bond donors (Lipinski definition) is 1. The van der Waals surface area contributed by atoms with Crippen LogP contribution in [0.25, 0.3) is 0 Å². The van der Waals surface area contributed by atoms with Gasteiger partial charge in [-0.25, -0.2) is 4.79 Å². The number of carboxylic acids is 1. The Hall–Kier alpha value is -1.07. The van der Waals surface area contributed by atoms with Gasteiger partial charge in [-0.05, 0) is 53.4 Å². The summed E-state index contributed by atoms with van der Waals surface area (Å²) in [4.78, 5) is 25.1. The van der Waals surface area contributed by atoms with Gasteiger partial charge in [0.2, 0.25) is 0 Å². The van der Waals surface area contributed by atoms with E-state index in [0.717, 1.165) is 12.8 Å². The normalized spacial score (nSPS) is 19.3. The molecule has 1 heterocycles. The molecule has 0 radical (unpaired) electrons. The van der Waals surface area contributed by atoms with Crippen molar-refractivity contribution < 1.29 is 14.7 Å². The first kappa shape index (κ1) is 14.3. The second-order valence-corrected chi connectivity index (χ2v) is 5.76. The lowest BCUT2D eigenvalue weighted by molar-refractivity contribution is -0.143. The number of benzene rings is 1. The number of carbonyl (C=O) groups is 2. The van der Waals surface area contributed by atoms with Gasteiger partial charge in [-0.3, -0.25) is 4.79 Å². The Bertz CT molecular complexity index is 521. The zero-order valence-corrected chi connectivity index (χ0v) is 12.4. The van der Waals surface area contributed by atoms with Crippen LogP contribution < -0.4 is 0 Å². The van der Waals surface area contributed by atoms with Gasteiger partial charge in [-0.15, -0.1) is 0 Å². The molecule has 0 saturated carbocycles. The lowest BCUT2D eigenvalue weighted by atomic mass is 10.0. The Balaban J connectivity index is 2.31. The second kappa shape index (κ2) is 5.92. The van der Waals surface area contributed by atoms with Gasteiger partial charge >= 0.3 is 5.97 Å². The number of likely N-dealkylation sites (tertiary alicyclic amines) is 1. The summed E-state index contributed by atoms with van der Waals surface area (Å²) in [6.07, 6.45) is 2.16. The van der Waals surface area contributed by atoms with Crippen molar-refractivity contribution in [2.45, 2.75) is 25.3 Å². The van der Waals surface area contributed by atoms with E-state index >= 15 is 0 Å². The maximum Gasteiger partial charge on any atom is 0.326 e. The van der Waals surface area contributed by atoms with Crippen LogP contribution in [0.15, 0.2) is 22.7 Å². The lowest BCUT2D eigenvalue weighted by Gasteiger charge is -2.33. The Morgan fingerprint density at radius 2 is 2.11 bits per heavy atom. The number of hydrogen-bond acceptors (Lipinski definition) is 2. The number of carboxylic acid groups (broad SMARTS) is 1. The molecule has 1 aromatic carbocycles. The second-order valence-electron chi connectivity index (χ2n) is 4.47. The van der Waals surface area contributed by atoms with Gasteiger partial charge in [0.25, 0.3) is 5.91 Å². The Morgan fingerprint density at radius 3 is 2.79 bits per heavy atom. The summed E-state index contributed by atoms with van der Waals surface area (Å²) in [5.74, 6) is -1.24. The largest absolute Gasteiger partial charge is 0.480 e. The zero-order valence-electron chi connectivity index (χ0n) is 10.1. The number of piperidine rings is 1. The molecule has 1 saturated heterocycles. The van der Waals surface area contributed by atoms with Crippen LogP contribution in [-0.2, 0) is 4.79 Å². The van der Waals surface area contributed by atoms with Crippen molar-refractivity contribution in [3.8, 4) is 0 Å². The lowest BCUT2D eigenvalue weighted by Crippen LogP contribution is -2.48. The first-order valence-corrected chi connectivity index (χ1v) is 7.16. The molecule has 1 aromatic rings. The van der Waals surface area contributed by atoms with Crippen LogP contribution in [0.2, 0.25) is 5.02 Å². The third-order valence-electron chi connectivity index (χ3n) is 3.21. The summed E-state index contributed by atoms with van der Waals surface area (Å²) in [5, 5.41) is 9.65. The van der Waals surface area contributed by atoms with E-state index in [1.807, 2.05) is 0 Å². The Kier molecular flexibility index (Phi) is 4.47. The molecule has 0 unspecified atom stereocenters. The number of halogens is 2. The van der Waals surface area contributed by atoms with Crippen molar-refractivity contribution in [3.63, 3.8) is 0 Å². The molecule has 4 nitrogen and oxygen atoms in total. The highest BCUT2D eigenvalue weighted by Crippen LogP contribution is 2.26. The van der Waals surface area contributed by atoms with Crippen molar-refractivity contribution >= 4 is 39.4 Å². The standard InChI is InChI=1S/C13H13BrClNO3/c14-10-5-4-8(15)7-9(10)12(17)16-6-2-1-3-11(16)13(18)19/h4-5,7,11H,1-3,6H2,(H,18,19)/t11-/m0/s1. The molecule has 102 valence electrons. The third-order valence-corrected chi connectivity index (χ3v) is 4.13. The fourth-order valence-corrected chi connectivity index (χ4v) is 2.84. The smallest absolute Gasteiger partial charge is 0.326 e.